The molecule has 0 saturated carbocycles. The molecule has 1 N–H and O–H groups in total. The number of benzene rings is 2. The predicted molar refractivity (Wildman–Crippen MR) is 150 cm³/mol. The smallest absolute Gasteiger partial charge is 0.231 e. The van der Waals surface area contributed by atoms with Crippen molar-refractivity contribution in [3.63, 3.8) is 0 Å². The number of morpholine rings is 1. The van der Waals surface area contributed by atoms with Gasteiger partial charge in [-0.15, -0.1) is 0 Å². The largest absolute Gasteiger partial charge is 0.493 e. The summed E-state index contributed by atoms with van der Waals surface area (Å²) in [5.41, 5.74) is 1.92. The highest BCUT2D eigenvalue weighted by Gasteiger charge is 2.25. The van der Waals surface area contributed by atoms with E-state index in [1.807, 2.05) is 31.1 Å². The Morgan fingerprint density at radius 1 is 1.10 bits per heavy atom. The molecule has 0 amide bonds. The molecule has 11 heteroatoms. The van der Waals surface area contributed by atoms with Crippen LogP contribution >= 0.6 is 11.6 Å². The normalized spacial score (nSPS) is 14.8. The third kappa shape index (κ3) is 6.40. The maximum atomic E-state index is 6.69. The van der Waals surface area contributed by atoms with E-state index in [0.717, 1.165) is 44.7 Å². The van der Waals surface area contributed by atoms with Gasteiger partial charge in [-0.1, -0.05) is 23.4 Å². The molecule has 2 aliphatic rings. The van der Waals surface area contributed by atoms with Crippen molar-refractivity contribution in [2.75, 3.05) is 79.3 Å². The van der Waals surface area contributed by atoms with Crippen molar-refractivity contribution in [1.82, 2.24) is 19.8 Å². The van der Waals surface area contributed by atoms with Gasteiger partial charge in [-0.2, -0.15) is 0 Å². The molecule has 0 radical (unpaired) electrons. The van der Waals surface area contributed by atoms with Crippen molar-refractivity contribution in [2.24, 2.45) is 0 Å². The lowest BCUT2D eigenvalue weighted by molar-refractivity contribution is 0.0357. The quantitative estimate of drug-likeness (QED) is 0.312. The van der Waals surface area contributed by atoms with E-state index in [9.17, 15) is 0 Å². The topological polar surface area (TPSA) is 90.4 Å². The molecule has 2 aliphatic heterocycles. The van der Waals surface area contributed by atoms with Gasteiger partial charge in [0.15, 0.2) is 23.0 Å². The predicted octanol–water partition coefficient (Wildman–Crippen LogP) is 3.78. The van der Waals surface area contributed by atoms with E-state index in [1.54, 1.807) is 13.2 Å². The number of nitrogens with one attached hydrogen (secondary N) is 1. The number of ether oxygens (including phenoxy) is 5. The standard InChI is InChI=1S/C28H32ClN5O5/c1-33(2)7-4-6-19-14-21(29)25(27-26(19)38-18-39-27)32-28-20-15-23(35-3)24(16-22(20)30-17-31-28)37-11-5-8-34-9-12-36-13-10-34/h14-17H,5,7-13,18H2,1-3H3,(H,30,31,32). The Morgan fingerprint density at radius 2 is 1.92 bits per heavy atom. The van der Waals surface area contributed by atoms with E-state index in [2.05, 4.69) is 32.0 Å². The van der Waals surface area contributed by atoms with Crippen LogP contribution in [0.2, 0.25) is 5.02 Å². The first-order chi connectivity index (χ1) is 19.0. The van der Waals surface area contributed by atoms with E-state index in [0.29, 0.717) is 63.8 Å². The summed E-state index contributed by atoms with van der Waals surface area (Å²) in [6.07, 6.45) is 2.39. The zero-order valence-electron chi connectivity index (χ0n) is 22.4. The number of hydrogen-bond acceptors (Lipinski definition) is 10. The minimum absolute atomic E-state index is 0.0807. The SMILES string of the molecule is COc1cc2c(Nc3c(Cl)cc(C#CCN(C)C)c4c3OCO4)ncnc2cc1OCCCN1CCOCC1. The van der Waals surface area contributed by atoms with Crippen molar-refractivity contribution in [3.05, 3.63) is 35.1 Å². The van der Waals surface area contributed by atoms with E-state index >= 15 is 0 Å². The highest BCUT2D eigenvalue weighted by molar-refractivity contribution is 6.34. The summed E-state index contributed by atoms with van der Waals surface area (Å²) in [5, 5.41) is 4.50. The van der Waals surface area contributed by atoms with Crippen molar-refractivity contribution < 1.29 is 23.7 Å². The van der Waals surface area contributed by atoms with Crippen molar-refractivity contribution in [1.29, 1.82) is 0 Å². The van der Waals surface area contributed by atoms with Gasteiger partial charge >= 0.3 is 0 Å². The molecule has 10 nitrogen and oxygen atoms in total. The molecule has 1 aromatic heterocycles. The average Bonchev–Trinajstić information content (AvgIpc) is 3.43. The Hall–Kier alpha value is -3.49. The van der Waals surface area contributed by atoms with Gasteiger partial charge in [0.1, 0.15) is 17.8 Å². The Kier molecular flexibility index (Phi) is 8.74. The van der Waals surface area contributed by atoms with Crippen LogP contribution in [0.5, 0.6) is 23.0 Å². The first kappa shape index (κ1) is 27.1. The number of fused-ring (bicyclic) bond motifs is 2. The lowest BCUT2D eigenvalue weighted by Crippen LogP contribution is -2.37. The van der Waals surface area contributed by atoms with E-state index in [1.165, 1.54) is 6.33 Å². The number of methoxy groups -OCH3 is 1. The van der Waals surface area contributed by atoms with E-state index < -0.39 is 0 Å². The van der Waals surface area contributed by atoms with E-state index in [-0.39, 0.29) is 6.79 Å². The van der Waals surface area contributed by atoms with Gasteiger partial charge in [0.25, 0.3) is 0 Å². The van der Waals surface area contributed by atoms with Crippen LogP contribution in [0.25, 0.3) is 10.9 Å². The third-order valence-electron chi connectivity index (χ3n) is 6.36. The van der Waals surface area contributed by atoms with E-state index in [4.69, 9.17) is 35.3 Å². The summed E-state index contributed by atoms with van der Waals surface area (Å²) >= 11 is 6.69. The number of hydrogen-bond donors (Lipinski definition) is 1. The maximum absolute atomic E-state index is 6.69. The number of aromatic nitrogens is 2. The fraction of sp³-hybridized carbons (Fsp3) is 0.429. The molecule has 5 rings (SSSR count). The van der Waals surface area contributed by atoms with Crippen LogP contribution in [0.1, 0.15) is 12.0 Å². The third-order valence-corrected chi connectivity index (χ3v) is 6.65. The van der Waals surface area contributed by atoms with Crippen LogP contribution in [-0.4, -0.2) is 93.8 Å². The fourth-order valence-electron chi connectivity index (χ4n) is 4.39. The van der Waals surface area contributed by atoms with Crippen LogP contribution < -0.4 is 24.3 Å². The van der Waals surface area contributed by atoms with Crippen molar-refractivity contribution >= 4 is 34.0 Å². The number of anilines is 2. The summed E-state index contributed by atoms with van der Waals surface area (Å²) in [4.78, 5) is 13.3. The molecule has 1 fully saturated rings. The minimum atomic E-state index is 0.0807. The molecule has 206 valence electrons. The second-order valence-corrected chi connectivity index (χ2v) is 9.82. The zero-order chi connectivity index (χ0) is 27.2. The van der Waals surface area contributed by atoms with Crippen LogP contribution in [0, 0.1) is 11.8 Å². The molecule has 0 aliphatic carbocycles. The molecule has 2 aromatic carbocycles. The number of rotatable bonds is 9. The average molecular weight is 554 g/mol. The second kappa shape index (κ2) is 12.6. The first-order valence-corrected chi connectivity index (χ1v) is 13.2. The Labute approximate surface area is 233 Å². The van der Waals surface area contributed by atoms with Crippen LogP contribution in [0.15, 0.2) is 24.5 Å². The monoisotopic (exact) mass is 553 g/mol. The Balaban J connectivity index is 1.37. The van der Waals surface area contributed by atoms with Gasteiger partial charge < -0.3 is 29.0 Å². The lowest BCUT2D eigenvalue weighted by atomic mass is 10.1. The van der Waals surface area contributed by atoms with Crippen molar-refractivity contribution in [2.45, 2.75) is 6.42 Å². The molecule has 39 heavy (non-hydrogen) atoms. The minimum Gasteiger partial charge on any atom is -0.493 e. The molecule has 0 unspecified atom stereocenters. The van der Waals surface area contributed by atoms with Crippen molar-refractivity contribution in [3.8, 4) is 34.8 Å². The fourth-order valence-corrected chi connectivity index (χ4v) is 4.63. The molecule has 0 atom stereocenters. The van der Waals surface area contributed by atoms with Crippen LogP contribution in [-0.2, 0) is 4.74 Å². The van der Waals surface area contributed by atoms with Gasteiger partial charge in [-0.3, -0.25) is 9.80 Å². The molecule has 0 spiro atoms. The van der Waals surface area contributed by atoms with Crippen LogP contribution in [0.3, 0.4) is 0 Å². The molecule has 1 saturated heterocycles. The highest BCUT2D eigenvalue weighted by Crippen LogP contribution is 2.47. The van der Waals surface area contributed by atoms with Gasteiger partial charge in [0.05, 0.1) is 49.6 Å². The maximum Gasteiger partial charge on any atom is 0.231 e. The van der Waals surface area contributed by atoms with Gasteiger partial charge in [0.2, 0.25) is 6.79 Å². The summed E-state index contributed by atoms with van der Waals surface area (Å²) < 4.78 is 28.7. The molecular formula is C28H32ClN5O5. The molecular weight excluding hydrogens is 522 g/mol. The second-order valence-electron chi connectivity index (χ2n) is 9.41. The van der Waals surface area contributed by atoms with Gasteiger partial charge in [0, 0.05) is 31.1 Å². The molecule has 0 bridgehead atoms. The highest BCUT2D eigenvalue weighted by atomic mass is 35.5. The Bertz CT molecular complexity index is 1380. The first-order valence-electron chi connectivity index (χ1n) is 12.8. The number of halogens is 1. The van der Waals surface area contributed by atoms with Crippen LogP contribution in [0.4, 0.5) is 11.5 Å². The summed E-state index contributed by atoms with van der Waals surface area (Å²) in [6.45, 7) is 5.73. The lowest BCUT2D eigenvalue weighted by Gasteiger charge is -2.26. The van der Waals surface area contributed by atoms with Gasteiger partial charge in [-0.05, 0) is 32.6 Å². The zero-order valence-corrected chi connectivity index (χ0v) is 23.1. The van der Waals surface area contributed by atoms with Gasteiger partial charge in [-0.25, -0.2) is 9.97 Å². The number of nitrogens with zero attached hydrogens (tertiary/aromatic N) is 4. The molecule has 3 aromatic rings. The summed E-state index contributed by atoms with van der Waals surface area (Å²) in [5.74, 6) is 9.05. The summed E-state index contributed by atoms with van der Waals surface area (Å²) in [6, 6.07) is 5.50. The Morgan fingerprint density at radius 3 is 2.72 bits per heavy atom. The summed E-state index contributed by atoms with van der Waals surface area (Å²) in [7, 11) is 5.53. The molecule has 3 heterocycles.